The summed E-state index contributed by atoms with van der Waals surface area (Å²) in [4.78, 5) is 0. The molecule has 146 valence electrons. The second-order valence-electron chi connectivity index (χ2n) is 3.80. The van der Waals surface area contributed by atoms with Crippen LogP contribution in [-0.4, -0.2) is 51.7 Å². The Kier molecular flexibility index (Phi) is 11.1. The maximum Gasteiger partial charge on any atom is 1.00 e. The molecule has 0 spiro atoms. The van der Waals surface area contributed by atoms with Crippen molar-refractivity contribution in [2.45, 2.75) is 34.2 Å². The van der Waals surface area contributed by atoms with Gasteiger partial charge in [0, 0.05) is 22.2 Å². The maximum atomic E-state index is 12.9. The third kappa shape index (κ3) is 4.43. The Balaban J connectivity index is -0.00000264. The fourth-order valence-corrected chi connectivity index (χ4v) is 1.64. The molecule has 20 heteroatoms. The molecule has 2 unspecified atom stereocenters. The van der Waals surface area contributed by atoms with Crippen LogP contribution in [0, 0.1) is 0 Å². The summed E-state index contributed by atoms with van der Waals surface area (Å²) < 4.78 is 191. The fourth-order valence-electron chi connectivity index (χ4n) is 0.969. The molecule has 0 aliphatic heterocycles. The van der Waals surface area contributed by atoms with Crippen LogP contribution < -0.4 is 59.1 Å². The molecule has 0 saturated carbocycles. The van der Waals surface area contributed by atoms with Gasteiger partial charge < -0.3 is 9.11 Å². The molecular weight excluding hydrogens is 474 g/mol. The van der Waals surface area contributed by atoms with E-state index in [4.69, 9.17) is 0 Å². The van der Waals surface area contributed by atoms with Gasteiger partial charge in [-0.1, -0.05) is 0 Å². The van der Waals surface area contributed by atoms with Crippen LogP contribution in [0.3, 0.4) is 0 Å². The van der Waals surface area contributed by atoms with E-state index in [0.29, 0.717) is 0 Å². The van der Waals surface area contributed by atoms with Crippen molar-refractivity contribution in [2.24, 2.45) is 0 Å². The molecule has 26 heavy (non-hydrogen) atoms. The minimum Gasteiger partial charge on any atom is -0.768 e. The van der Waals surface area contributed by atoms with Gasteiger partial charge in [-0.2, -0.15) is 52.7 Å². The van der Waals surface area contributed by atoms with Crippen LogP contribution in [0.25, 0.3) is 0 Å². The van der Waals surface area contributed by atoms with E-state index in [2.05, 4.69) is 0 Å². The zero-order chi connectivity index (χ0) is 20.2. The van der Waals surface area contributed by atoms with Gasteiger partial charge in [-0.25, -0.2) is 0 Å². The van der Waals surface area contributed by atoms with Crippen molar-refractivity contribution in [1.29, 1.82) is 0 Å². The second kappa shape index (κ2) is 9.03. The Morgan fingerprint density at radius 2 is 0.615 bits per heavy atom. The summed E-state index contributed by atoms with van der Waals surface area (Å²) in [6, 6.07) is 0. The zero-order valence-corrected chi connectivity index (χ0v) is 17.6. The summed E-state index contributed by atoms with van der Waals surface area (Å²) in [7, 11) is 0. The fraction of sp³-hybridized carbons (Fsp3) is 1.00. The molecule has 0 aromatic rings. The molecule has 0 rings (SSSR count). The molecule has 0 saturated heterocycles. The van der Waals surface area contributed by atoms with Crippen molar-refractivity contribution in [2.75, 3.05) is 0 Å². The average Bonchev–Trinajstić information content (AvgIpc) is 2.36. The van der Waals surface area contributed by atoms with Crippen LogP contribution in [0.1, 0.15) is 0 Å². The molecule has 0 aliphatic carbocycles. The third-order valence-electron chi connectivity index (χ3n) is 2.33. The first kappa shape index (κ1) is 32.1. The van der Waals surface area contributed by atoms with E-state index in [1.165, 1.54) is 0 Å². The van der Waals surface area contributed by atoms with E-state index in [1.54, 1.807) is 0 Å². The van der Waals surface area contributed by atoms with Crippen molar-refractivity contribution in [3.63, 3.8) is 0 Å². The number of halogens is 12. The number of hydrogen-bond donors (Lipinski definition) is 0. The summed E-state index contributed by atoms with van der Waals surface area (Å²) >= 11 is -11.2. The standard InChI is InChI=1S/C6H2F12O4S2.2Na/c7-1(8,3(11,12)5(15,16)23(19)20)2(9,10)4(13,14)6(17,18)24(21)22;;/h(H,19,20)(H,21,22);;/q;2*+1/p-2. The van der Waals surface area contributed by atoms with Crippen molar-refractivity contribution in [3.8, 4) is 0 Å². The zero-order valence-electron chi connectivity index (χ0n) is 12.0. The molecule has 0 fully saturated rings. The van der Waals surface area contributed by atoms with E-state index < -0.39 is 56.4 Å². The smallest absolute Gasteiger partial charge is 0.768 e. The van der Waals surface area contributed by atoms with E-state index in [9.17, 15) is 70.2 Å². The summed E-state index contributed by atoms with van der Waals surface area (Å²) in [5.74, 6) is -31.9. The molecule has 0 aliphatic rings. The van der Waals surface area contributed by atoms with Crippen LogP contribution in [-0.2, 0) is 22.2 Å². The number of alkyl halides is 12. The van der Waals surface area contributed by atoms with Crippen LogP contribution in [0.15, 0.2) is 0 Å². The van der Waals surface area contributed by atoms with Crippen molar-refractivity contribution in [1.82, 2.24) is 0 Å². The van der Waals surface area contributed by atoms with Gasteiger partial charge in [-0.3, -0.25) is 8.42 Å². The Morgan fingerprint density at radius 3 is 0.731 bits per heavy atom. The Morgan fingerprint density at radius 1 is 0.462 bits per heavy atom. The average molecular weight is 474 g/mol. The third-order valence-corrected chi connectivity index (χ3v) is 3.68. The van der Waals surface area contributed by atoms with Gasteiger partial charge in [0.15, 0.2) is 0 Å². The minimum atomic E-state index is -8.13. The first-order chi connectivity index (χ1) is 10.1. The van der Waals surface area contributed by atoms with Gasteiger partial charge in [0.2, 0.25) is 0 Å². The summed E-state index contributed by atoms with van der Waals surface area (Å²) in [6.07, 6.45) is 0. The first-order valence-electron chi connectivity index (χ1n) is 4.59. The van der Waals surface area contributed by atoms with Crippen LogP contribution in [0.5, 0.6) is 0 Å². The number of rotatable bonds is 7. The molecule has 0 amide bonds. The largest absolute Gasteiger partial charge is 1.00 e. The summed E-state index contributed by atoms with van der Waals surface area (Å²) in [6.45, 7) is 0. The van der Waals surface area contributed by atoms with E-state index >= 15 is 0 Å². The topological polar surface area (TPSA) is 80.3 Å². The van der Waals surface area contributed by atoms with E-state index in [-0.39, 0.29) is 59.1 Å². The van der Waals surface area contributed by atoms with Crippen molar-refractivity contribution >= 4 is 22.2 Å². The van der Waals surface area contributed by atoms with Gasteiger partial charge in [0.1, 0.15) is 0 Å². The Bertz CT molecular complexity index is 508. The first-order valence-corrected chi connectivity index (χ1v) is 6.74. The molecule has 0 N–H and O–H groups in total. The summed E-state index contributed by atoms with van der Waals surface area (Å²) in [5, 5.41) is -14.2. The molecule has 4 nitrogen and oxygen atoms in total. The van der Waals surface area contributed by atoms with Gasteiger partial charge >= 0.3 is 93.3 Å². The molecule has 0 radical (unpaired) electrons. The molecule has 0 bridgehead atoms. The predicted molar refractivity (Wildman–Crippen MR) is 47.5 cm³/mol. The van der Waals surface area contributed by atoms with Gasteiger partial charge in [-0.15, -0.1) is 0 Å². The van der Waals surface area contributed by atoms with E-state index in [1.807, 2.05) is 0 Å². The molecule has 0 aromatic carbocycles. The molecule has 0 aromatic heterocycles. The Labute approximate surface area is 184 Å². The van der Waals surface area contributed by atoms with Crippen LogP contribution in [0.2, 0.25) is 0 Å². The SMILES string of the molecule is O=S([O-])C(F)(F)C(F)(F)C(F)(F)C(F)(F)C(F)(F)C(F)(F)S(=O)[O-].[Na+].[Na+]. The predicted octanol–water partition coefficient (Wildman–Crippen LogP) is -3.52. The van der Waals surface area contributed by atoms with Gasteiger partial charge in [0.25, 0.3) is 0 Å². The quantitative estimate of drug-likeness (QED) is 0.218. The van der Waals surface area contributed by atoms with Gasteiger partial charge in [-0.05, 0) is 0 Å². The number of hydrogen-bond acceptors (Lipinski definition) is 4. The monoisotopic (exact) mass is 474 g/mol. The molecule has 0 heterocycles. The van der Waals surface area contributed by atoms with Crippen LogP contribution >= 0.6 is 0 Å². The molecule has 2 atom stereocenters. The van der Waals surface area contributed by atoms with Crippen molar-refractivity contribution < 1.29 is 129 Å². The maximum absolute atomic E-state index is 12.9. The normalized spacial score (nSPS) is 17.0. The van der Waals surface area contributed by atoms with Crippen molar-refractivity contribution in [3.05, 3.63) is 0 Å². The minimum absolute atomic E-state index is 0. The Hall–Kier alpha value is 1.38. The van der Waals surface area contributed by atoms with E-state index in [0.717, 1.165) is 0 Å². The summed E-state index contributed by atoms with van der Waals surface area (Å²) in [5.41, 5.74) is 0. The second-order valence-corrected chi connectivity index (χ2v) is 5.76. The molecular formula is C6F12Na2O4S2. The van der Waals surface area contributed by atoms with Crippen LogP contribution in [0.4, 0.5) is 52.7 Å². The van der Waals surface area contributed by atoms with Gasteiger partial charge in [0.05, 0.1) is 0 Å².